The van der Waals surface area contributed by atoms with Crippen LogP contribution in [0.5, 0.6) is 0 Å². The van der Waals surface area contributed by atoms with Crippen LogP contribution in [0.3, 0.4) is 0 Å². The zero-order valence-corrected chi connectivity index (χ0v) is 8.85. The van der Waals surface area contributed by atoms with Crippen molar-refractivity contribution >= 4 is 15.7 Å². The number of nitrogens with two attached hydrogens (primary N) is 2. The molecule has 1 atom stereocenters. The molecule has 0 aliphatic rings. The highest BCUT2D eigenvalue weighted by molar-refractivity contribution is 6.31. The van der Waals surface area contributed by atoms with Gasteiger partial charge in [0.15, 0.2) is 5.91 Å². The van der Waals surface area contributed by atoms with Gasteiger partial charge in [-0.05, 0) is 19.4 Å². The molecule has 0 fully saturated rings. The number of rotatable bonds is 7. The van der Waals surface area contributed by atoms with Crippen molar-refractivity contribution in [3.05, 3.63) is 0 Å². The molecule has 0 spiro atoms. The minimum absolute atomic E-state index is 0.502. The van der Waals surface area contributed by atoms with Crippen molar-refractivity contribution < 1.29 is 19.4 Å². The smallest absolute Gasteiger partial charge is 0.379 e. The summed E-state index contributed by atoms with van der Waals surface area (Å²) in [6, 6.07) is -0.701. The fourth-order valence-corrected chi connectivity index (χ4v) is 1.19. The highest BCUT2D eigenvalue weighted by Gasteiger charge is 2.16. The summed E-state index contributed by atoms with van der Waals surface area (Å²) in [5.41, 5.74) is 10.7. The Morgan fingerprint density at radius 1 is 1.43 bits per heavy atom. The van der Waals surface area contributed by atoms with Crippen LogP contribution in [-0.2, 0) is 9.22 Å². The lowest BCUT2D eigenvalue weighted by Gasteiger charge is -2.10. The first-order valence-corrected chi connectivity index (χ1v) is 5.34. The first-order valence-electron chi connectivity index (χ1n) is 4.36. The third-order valence-corrected chi connectivity index (χ3v) is 2.07. The molecule has 0 saturated carbocycles. The molecule has 0 aromatic carbocycles. The van der Waals surface area contributed by atoms with Crippen LogP contribution in [0.25, 0.3) is 0 Å². The molecule has 7 heteroatoms. The Kier molecular flexibility index (Phi) is 7.62. The largest absolute Gasteiger partial charge is 0.509 e. The highest BCUT2D eigenvalue weighted by Crippen LogP contribution is 1.99. The van der Waals surface area contributed by atoms with E-state index >= 15 is 0 Å². The van der Waals surface area contributed by atoms with E-state index in [9.17, 15) is 4.79 Å². The van der Waals surface area contributed by atoms with E-state index in [4.69, 9.17) is 21.7 Å². The molecule has 0 aromatic heterocycles. The summed E-state index contributed by atoms with van der Waals surface area (Å²) < 4.78 is 4.53. The molecule has 0 saturated heterocycles. The lowest BCUT2D eigenvalue weighted by molar-refractivity contribution is -0.137. The average Bonchev–Trinajstić information content (AvgIpc) is 2.14. The molecule has 0 unspecified atom stereocenters. The van der Waals surface area contributed by atoms with E-state index in [2.05, 4.69) is 4.43 Å². The Labute approximate surface area is 85.2 Å². The molecule has 6 nitrogen and oxygen atoms in total. The second-order valence-corrected chi connectivity index (χ2v) is 3.76. The molecule has 0 aliphatic heterocycles. The van der Waals surface area contributed by atoms with Gasteiger partial charge in [0.05, 0.1) is 0 Å². The van der Waals surface area contributed by atoms with Crippen molar-refractivity contribution in [2.45, 2.75) is 31.2 Å². The van der Waals surface area contributed by atoms with Crippen LogP contribution in [0.1, 0.15) is 19.3 Å². The summed E-state index contributed by atoms with van der Waals surface area (Å²) >= 11 is 0. The van der Waals surface area contributed by atoms with E-state index in [0.29, 0.717) is 13.0 Å². The molecule has 0 bridgehead atoms. The van der Waals surface area contributed by atoms with Crippen molar-refractivity contribution in [3.8, 4) is 0 Å². The lowest BCUT2D eigenvalue weighted by Crippen LogP contribution is -2.35. The van der Waals surface area contributed by atoms with Gasteiger partial charge in [-0.15, -0.1) is 0 Å². The van der Waals surface area contributed by atoms with E-state index in [-0.39, 0.29) is 0 Å². The quantitative estimate of drug-likeness (QED) is 0.221. The standard InChI is InChI=1S/C7H16N2O4Si/c8-4-2-1-3-5(9)6(10)13-14-7(11)12/h5,7,11-12H,1-4,8-9H2/t5-/m0/s1. The van der Waals surface area contributed by atoms with Gasteiger partial charge in [-0.3, -0.25) is 4.79 Å². The number of aliphatic hydroxyl groups is 2. The topological polar surface area (TPSA) is 119 Å². The summed E-state index contributed by atoms with van der Waals surface area (Å²) in [5.74, 6) is -2.22. The lowest BCUT2D eigenvalue weighted by atomic mass is 10.1. The molecule has 82 valence electrons. The number of hydrogen-bond acceptors (Lipinski definition) is 6. The predicted molar refractivity (Wildman–Crippen MR) is 51.0 cm³/mol. The third kappa shape index (κ3) is 6.98. The highest BCUT2D eigenvalue weighted by atomic mass is 28.2. The van der Waals surface area contributed by atoms with Gasteiger partial charge in [-0.1, -0.05) is 6.42 Å². The fraction of sp³-hybridized carbons (Fsp3) is 0.857. The first kappa shape index (κ1) is 13.5. The van der Waals surface area contributed by atoms with Crippen molar-refractivity contribution in [1.82, 2.24) is 0 Å². The summed E-state index contributed by atoms with van der Waals surface area (Å²) in [7, 11) is -0.676. The third-order valence-electron chi connectivity index (χ3n) is 1.54. The maximum absolute atomic E-state index is 11.0. The van der Waals surface area contributed by atoms with Crippen LogP contribution in [0.15, 0.2) is 0 Å². The molecular formula is C7H16N2O4Si. The van der Waals surface area contributed by atoms with Gasteiger partial charge in [-0.25, -0.2) is 0 Å². The number of hydrogen-bond donors (Lipinski definition) is 4. The van der Waals surface area contributed by atoms with Gasteiger partial charge in [0.2, 0.25) is 0 Å². The van der Waals surface area contributed by atoms with Gasteiger partial charge in [0.25, 0.3) is 0 Å². The summed E-state index contributed by atoms with van der Waals surface area (Å²) in [5, 5.41) is 16.9. The van der Waals surface area contributed by atoms with Crippen LogP contribution in [0.4, 0.5) is 0 Å². The summed E-state index contributed by atoms with van der Waals surface area (Å²) in [6.07, 6.45) is 2.07. The first-order chi connectivity index (χ1) is 6.57. The van der Waals surface area contributed by atoms with E-state index < -0.39 is 27.7 Å². The van der Waals surface area contributed by atoms with Crippen LogP contribution >= 0.6 is 0 Å². The van der Waals surface area contributed by atoms with Crippen molar-refractivity contribution in [2.75, 3.05) is 6.54 Å². The van der Waals surface area contributed by atoms with E-state index in [1.807, 2.05) is 0 Å². The zero-order valence-electron chi connectivity index (χ0n) is 7.85. The normalized spacial score (nSPS) is 12.9. The van der Waals surface area contributed by atoms with Crippen LogP contribution in [0, 0.1) is 0 Å². The molecule has 0 aromatic rings. The van der Waals surface area contributed by atoms with Gasteiger partial charge in [-0.2, -0.15) is 0 Å². The Balaban J connectivity index is 3.54. The predicted octanol–water partition coefficient (Wildman–Crippen LogP) is -2.13. The van der Waals surface area contributed by atoms with Crippen LogP contribution in [0.2, 0.25) is 0 Å². The van der Waals surface area contributed by atoms with Crippen molar-refractivity contribution in [3.63, 3.8) is 0 Å². The van der Waals surface area contributed by atoms with Gasteiger partial charge >= 0.3 is 15.7 Å². The van der Waals surface area contributed by atoms with Crippen molar-refractivity contribution in [2.24, 2.45) is 11.5 Å². The maximum Gasteiger partial charge on any atom is 0.379 e. The van der Waals surface area contributed by atoms with Gasteiger partial charge in [0, 0.05) is 0 Å². The monoisotopic (exact) mass is 220 g/mol. The Hall–Kier alpha value is -0.473. The second-order valence-electron chi connectivity index (χ2n) is 2.80. The van der Waals surface area contributed by atoms with Crippen molar-refractivity contribution in [1.29, 1.82) is 0 Å². The molecule has 6 N–H and O–H groups in total. The summed E-state index contributed by atoms with van der Waals surface area (Å²) in [6.45, 7) is 0.568. The number of carbonyl (C=O) groups is 1. The zero-order chi connectivity index (χ0) is 11.0. The minimum atomic E-state index is -1.62. The fourth-order valence-electron chi connectivity index (χ4n) is 0.813. The Morgan fingerprint density at radius 2 is 2.07 bits per heavy atom. The number of unbranched alkanes of at least 4 members (excludes halogenated alkanes) is 1. The molecule has 0 amide bonds. The molecule has 0 rings (SSSR count). The van der Waals surface area contributed by atoms with Gasteiger partial charge < -0.3 is 26.1 Å². The van der Waals surface area contributed by atoms with Crippen LogP contribution in [-0.4, -0.2) is 44.4 Å². The Morgan fingerprint density at radius 3 is 2.57 bits per heavy atom. The molecule has 2 radical (unpaired) electrons. The molecular weight excluding hydrogens is 204 g/mol. The SMILES string of the molecule is NCCCC[C@H](N)C(=O)O[Si]C(O)O. The molecule has 0 aliphatic carbocycles. The van der Waals surface area contributed by atoms with E-state index in [1.54, 1.807) is 0 Å². The van der Waals surface area contributed by atoms with E-state index in [1.165, 1.54) is 0 Å². The average molecular weight is 220 g/mol. The Bertz CT molecular complexity index is 168. The molecule has 14 heavy (non-hydrogen) atoms. The maximum atomic E-state index is 11.0. The van der Waals surface area contributed by atoms with Crippen LogP contribution < -0.4 is 11.5 Å². The molecule has 0 heterocycles. The van der Waals surface area contributed by atoms with E-state index in [0.717, 1.165) is 12.8 Å². The number of aliphatic hydroxyl groups excluding tert-OH is 1. The number of carbonyl (C=O) groups excluding carboxylic acids is 1. The summed E-state index contributed by atoms with van der Waals surface area (Å²) in [4.78, 5) is 11.0. The second kappa shape index (κ2) is 7.89. The van der Waals surface area contributed by atoms with Gasteiger partial charge in [0.1, 0.15) is 6.04 Å². The minimum Gasteiger partial charge on any atom is -0.509 e.